The SMILES string of the molecule is CCCCCCCCC(O)CCCC(CC)S(=O)(=O)[O-].[Na+]. The first kappa shape index (κ1) is 24.1. The van der Waals surface area contributed by atoms with Crippen molar-refractivity contribution in [1.82, 2.24) is 0 Å². The van der Waals surface area contributed by atoms with Crippen molar-refractivity contribution in [2.75, 3.05) is 0 Å². The topological polar surface area (TPSA) is 77.4 Å². The molecule has 2 unspecified atom stereocenters. The number of hydrogen-bond acceptors (Lipinski definition) is 4. The van der Waals surface area contributed by atoms with Crippen LogP contribution >= 0.6 is 0 Å². The Kier molecular flexibility index (Phi) is 16.6. The Morgan fingerprint density at radius 2 is 1.43 bits per heavy atom. The van der Waals surface area contributed by atoms with E-state index in [2.05, 4.69) is 6.92 Å². The molecule has 0 aromatic carbocycles. The Balaban J connectivity index is 0. The van der Waals surface area contributed by atoms with Crippen LogP contribution in [0.2, 0.25) is 0 Å². The van der Waals surface area contributed by atoms with E-state index in [4.69, 9.17) is 0 Å². The van der Waals surface area contributed by atoms with E-state index in [0.29, 0.717) is 25.7 Å². The summed E-state index contributed by atoms with van der Waals surface area (Å²) in [6.07, 6.45) is 9.58. The Hall–Kier alpha value is 0.870. The zero-order chi connectivity index (χ0) is 15.4. The fourth-order valence-corrected chi connectivity index (χ4v) is 3.30. The molecule has 4 nitrogen and oxygen atoms in total. The fourth-order valence-electron chi connectivity index (χ4n) is 2.44. The average Bonchev–Trinajstić information content (AvgIpc) is 2.37. The van der Waals surface area contributed by atoms with Gasteiger partial charge in [0.25, 0.3) is 0 Å². The minimum atomic E-state index is -4.17. The van der Waals surface area contributed by atoms with Crippen LogP contribution < -0.4 is 29.6 Å². The van der Waals surface area contributed by atoms with Crippen LogP contribution in [0.4, 0.5) is 0 Å². The summed E-state index contributed by atoms with van der Waals surface area (Å²) >= 11 is 0. The fraction of sp³-hybridized carbons (Fsp3) is 1.00. The van der Waals surface area contributed by atoms with Crippen molar-refractivity contribution in [1.29, 1.82) is 0 Å². The van der Waals surface area contributed by atoms with Crippen LogP contribution in [0, 0.1) is 0 Å². The third-order valence-electron chi connectivity index (χ3n) is 3.82. The molecule has 0 aliphatic heterocycles. The van der Waals surface area contributed by atoms with Gasteiger partial charge in [-0.3, -0.25) is 0 Å². The first-order valence-corrected chi connectivity index (χ1v) is 9.51. The van der Waals surface area contributed by atoms with Gasteiger partial charge < -0.3 is 9.66 Å². The molecular formula is C15H31NaO4S. The molecule has 0 amide bonds. The Morgan fingerprint density at radius 1 is 0.905 bits per heavy atom. The zero-order valence-electron chi connectivity index (χ0n) is 14.0. The zero-order valence-corrected chi connectivity index (χ0v) is 16.8. The minimum Gasteiger partial charge on any atom is -0.748 e. The molecular weight excluding hydrogens is 299 g/mol. The summed E-state index contributed by atoms with van der Waals surface area (Å²) in [5, 5.41) is 9.02. The first-order valence-electron chi connectivity index (χ1n) is 8.04. The van der Waals surface area contributed by atoms with Gasteiger partial charge in [-0.2, -0.15) is 0 Å². The molecule has 21 heavy (non-hydrogen) atoms. The largest absolute Gasteiger partial charge is 1.00 e. The maximum atomic E-state index is 10.9. The molecule has 0 aliphatic rings. The van der Waals surface area contributed by atoms with E-state index >= 15 is 0 Å². The van der Waals surface area contributed by atoms with Gasteiger partial charge in [0.2, 0.25) is 0 Å². The predicted octanol–water partition coefficient (Wildman–Crippen LogP) is 0.596. The van der Waals surface area contributed by atoms with Crippen molar-refractivity contribution in [2.24, 2.45) is 0 Å². The molecule has 0 aromatic rings. The van der Waals surface area contributed by atoms with E-state index in [0.717, 1.165) is 19.3 Å². The second kappa shape index (κ2) is 14.5. The van der Waals surface area contributed by atoms with Crippen molar-refractivity contribution >= 4 is 10.1 Å². The molecule has 0 spiro atoms. The van der Waals surface area contributed by atoms with Crippen LogP contribution in [0.5, 0.6) is 0 Å². The third-order valence-corrected chi connectivity index (χ3v) is 5.20. The van der Waals surface area contributed by atoms with E-state index in [1.54, 1.807) is 6.92 Å². The summed E-state index contributed by atoms with van der Waals surface area (Å²) in [7, 11) is -4.17. The van der Waals surface area contributed by atoms with Crippen molar-refractivity contribution in [3.05, 3.63) is 0 Å². The molecule has 122 valence electrons. The van der Waals surface area contributed by atoms with Crippen LogP contribution in [0.1, 0.15) is 84.5 Å². The molecule has 0 bridgehead atoms. The molecule has 0 radical (unpaired) electrons. The van der Waals surface area contributed by atoms with Gasteiger partial charge >= 0.3 is 29.6 Å². The summed E-state index contributed by atoms with van der Waals surface area (Å²) in [5.41, 5.74) is 0. The molecule has 6 heteroatoms. The normalized spacial score (nSPS) is 14.5. The number of aliphatic hydroxyl groups excluding tert-OH is 1. The number of rotatable bonds is 13. The molecule has 0 rings (SSSR count). The summed E-state index contributed by atoms with van der Waals surface area (Å²) in [6.45, 7) is 3.91. The van der Waals surface area contributed by atoms with Crippen LogP contribution in [0.15, 0.2) is 0 Å². The van der Waals surface area contributed by atoms with Gasteiger partial charge in [0.1, 0.15) is 0 Å². The van der Waals surface area contributed by atoms with Gasteiger partial charge in [-0.1, -0.05) is 52.4 Å². The maximum absolute atomic E-state index is 10.9. The van der Waals surface area contributed by atoms with Gasteiger partial charge in [-0.05, 0) is 32.1 Å². The van der Waals surface area contributed by atoms with E-state index < -0.39 is 15.4 Å². The summed E-state index contributed by atoms with van der Waals surface area (Å²) in [6, 6.07) is 0. The number of aliphatic hydroxyl groups is 1. The van der Waals surface area contributed by atoms with Gasteiger partial charge in [-0.15, -0.1) is 0 Å². The van der Waals surface area contributed by atoms with Crippen molar-refractivity contribution in [2.45, 2.75) is 95.8 Å². The summed E-state index contributed by atoms with van der Waals surface area (Å²) < 4.78 is 32.8. The first-order chi connectivity index (χ1) is 9.41. The Morgan fingerprint density at radius 3 is 1.95 bits per heavy atom. The molecule has 0 fully saturated rings. The molecule has 2 atom stereocenters. The number of unbranched alkanes of at least 4 members (excludes halogenated alkanes) is 5. The van der Waals surface area contributed by atoms with E-state index in [-0.39, 0.29) is 35.7 Å². The van der Waals surface area contributed by atoms with Crippen LogP contribution in [0.3, 0.4) is 0 Å². The smallest absolute Gasteiger partial charge is 0.748 e. The molecule has 0 heterocycles. The molecule has 1 N–H and O–H groups in total. The van der Waals surface area contributed by atoms with E-state index in [9.17, 15) is 18.1 Å². The van der Waals surface area contributed by atoms with Gasteiger partial charge in [-0.25, -0.2) is 8.42 Å². The van der Waals surface area contributed by atoms with Crippen LogP contribution in [0.25, 0.3) is 0 Å². The minimum absolute atomic E-state index is 0. The van der Waals surface area contributed by atoms with Gasteiger partial charge in [0.05, 0.1) is 16.2 Å². The monoisotopic (exact) mass is 330 g/mol. The van der Waals surface area contributed by atoms with Gasteiger partial charge in [0.15, 0.2) is 0 Å². The van der Waals surface area contributed by atoms with Crippen LogP contribution in [-0.4, -0.2) is 29.4 Å². The van der Waals surface area contributed by atoms with E-state index in [1.807, 2.05) is 0 Å². The number of hydrogen-bond donors (Lipinski definition) is 1. The summed E-state index contributed by atoms with van der Waals surface area (Å²) in [4.78, 5) is 0. The summed E-state index contributed by atoms with van der Waals surface area (Å²) in [5.74, 6) is 0. The van der Waals surface area contributed by atoms with Crippen molar-refractivity contribution in [3.63, 3.8) is 0 Å². The third kappa shape index (κ3) is 14.2. The second-order valence-corrected chi connectivity index (χ2v) is 7.32. The molecule has 0 saturated carbocycles. The molecule has 0 saturated heterocycles. The van der Waals surface area contributed by atoms with Gasteiger partial charge in [0, 0.05) is 5.25 Å². The van der Waals surface area contributed by atoms with Crippen molar-refractivity contribution < 1.29 is 47.6 Å². The predicted molar refractivity (Wildman–Crippen MR) is 81.6 cm³/mol. The second-order valence-electron chi connectivity index (χ2n) is 5.66. The molecule has 0 aliphatic carbocycles. The van der Waals surface area contributed by atoms with Crippen molar-refractivity contribution in [3.8, 4) is 0 Å². The average molecular weight is 330 g/mol. The molecule has 0 aromatic heterocycles. The van der Waals surface area contributed by atoms with E-state index in [1.165, 1.54) is 25.7 Å². The Labute approximate surface area is 153 Å². The van der Waals surface area contributed by atoms with Crippen LogP contribution in [-0.2, 0) is 10.1 Å². The Bertz CT molecular complexity index is 320. The maximum Gasteiger partial charge on any atom is 1.00 e. The quantitative estimate of drug-likeness (QED) is 0.305. The standard InChI is InChI=1S/C15H32O4S.Na/c1-3-5-6-7-8-9-11-14(16)12-10-13-15(4-2)20(17,18)19;/h14-16H,3-13H2,1-2H3,(H,17,18,19);/q;+1/p-1.